The van der Waals surface area contributed by atoms with E-state index in [1.54, 1.807) is 12.1 Å². The smallest absolute Gasteiger partial charge is 0.222 e. The number of hydrogen-bond acceptors (Lipinski definition) is 3. The normalized spacial score (nSPS) is 15.6. The van der Waals surface area contributed by atoms with Gasteiger partial charge in [-0.25, -0.2) is 0 Å². The van der Waals surface area contributed by atoms with Crippen LogP contribution in [0.15, 0.2) is 24.3 Å². The second-order valence-electron chi connectivity index (χ2n) is 4.68. The molecule has 1 aromatic rings. The summed E-state index contributed by atoms with van der Waals surface area (Å²) < 4.78 is 0. The predicted molar refractivity (Wildman–Crippen MR) is 76.9 cm³/mol. The summed E-state index contributed by atoms with van der Waals surface area (Å²) in [6.45, 7) is 3.17. The summed E-state index contributed by atoms with van der Waals surface area (Å²) in [5.74, 6) is 1.02. The average molecular weight is 283 g/mol. The molecule has 1 N–H and O–H groups in total. The fourth-order valence-electron chi connectivity index (χ4n) is 2.25. The largest absolute Gasteiger partial charge is 0.508 e. The molecule has 2 rings (SSSR count). The molecule has 1 heterocycles. The SMILES string of the molecule is O=C(CCCCl)N1CCN(c2ccc(O)cc2)CC1. The maximum Gasteiger partial charge on any atom is 0.222 e. The van der Waals surface area contributed by atoms with E-state index in [9.17, 15) is 9.90 Å². The number of aromatic hydroxyl groups is 1. The number of halogens is 1. The number of phenolic OH excluding ortho intramolecular Hbond substituents is 1. The fraction of sp³-hybridized carbons (Fsp3) is 0.500. The number of amides is 1. The van der Waals surface area contributed by atoms with Crippen LogP contribution in [0.3, 0.4) is 0 Å². The van der Waals surface area contributed by atoms with Crippen molar-refractivity contribution in [2.75, 3.05) is 37.0 Å². The van der Waals surface area contributed by atoms with Crippen LogP contribution in [0.25, 0.3) is 0 Å². The molecule has 0 atom stereocenters. The van der Waals surface area contributed by atoms with Crippen LogP contribution >= 0.6 is 11.6 Å². The zero-order valence-corrected chi connectivity index (χ0v) is 11.6. The van der Waals surface area contributed by atoms with Gasteiger partial charge in [-0.15, -0.1) is 11.6 Å². The zero-order valence-electron chi connectivity index (χ0n) is 10.9. The van der Waals surface area contributed by atoms with E-state index in [1.807, 2.05) is 17.0 Å². The topological polar surface area (TPSA) is 43.8 Å². The van der Waals surface area contributed by atoms with Gasteiger partial charge in [0.1, 0.15) is 5.75 Å². The second-order valence-corrected chi connectivity index (χ2v) is 5.05. The molecule has 0 bridgehead atoms. The molecule has 5 heteroatoms. The highest BCUT2D eigenvalue weighted by Crippen LogP contribution is 2.20. The number of nitrogens with zero attached hydrogens (tertiary/aromatic N) is 2. The van der Waals surface area contributed by atoms with E-state index in [4.69, 9.17) is 11.6 Å². The molecule has 0 radical (unpaired) electrons. The highest BCUT2D eigenvalue weighted by atomic mass is 35.5. The summed E-state index contributed by atoms with van der Waals surface area (Å²) in [5, 5.41) is 9.27. The lowest BCUT2D eigenvalue weighted by Crippen LogP contribution is -2.48. The summed E-state index contributed by atoms with van der Waals surface area (Å²) >= 11 is 5.60. The summed E-state index contributed by atoms with van der Waals surface area (Å²) in [4.78, 5) is 16.0. The molecule has 1 fully saturated rings. The summed E-state index contributed by atoms with van der Waals surface area (Å²) in [7, 11) is 0. The van der Waals surface area contributed by atoms with Crippen molar-refractivity contribution in [3.8, 4) is 5.75 Å². The van der Waals surface area contributed by atoms with Crippen LogP contribution in [-0.2, 0) is 4.79 Å². The maximum atomic E-state index is 11.9. The minimum atomic E-state index is 0.200. The molecule has 19 heavy (non-hydrogen) atoms. The molecule has 4 nitrogen and oxygen atoms in total. The van der Waals surface area contributed by atoms with Gasteiger partial charge in [-0.05, 0) is 30.7 Å². The fourth-order valence-corrected chi connectivity index (χ4v) is 2.39. The van der Waals surface area contributed by atoms with Crippen molar-refractivity contribution in [1.29, 1.82) is 0 Å². The van der Waals surface area contributed by atoms with Crippen LogP contribution in [0.1, 0.15) is 12.8 Å². The standard InChI is InChI=1S/C14H19ClN2O2/c15-7-1-2-14(19)17-10-8-16(9-11-17)12-3-5-13(18)6-4-12/h3-6,18H,1-2,7-11H2. The Balaban J connectivity index is 1.85. The molecule has 1 aliphatic heterocycles. The Morgan fingerprint density at radius 2 is 1.79 bits per heavy atom. The van der Waals surface area contributed by atoms with Gasteiger partial charge < -0.3 is 14.9 Å². The monoisotopic (exact) mass is 282 g/mol. The van der Waals surface area contributed by atoms with E-state index in [0.717, 1.165) is 38.3 Å². The number of anilines is 1. The van der Waals surface area contributed by atoms with E-state index in [0.29, 0.717) is 12.3 Å². The molecule has 0 aliphatic carbocycles. The number of phenols is 1. The number of piperazine rings is 1. The molecule has 0 aromatic heterocycles. The third-order valence-corrected chi connectivity index (χ3v) is 3.64. The number of alkyl halides is 1. The van der Waals surface area contributed by atoms with E-state index in [1.165, 1.54) is 0 Å². The lowest BCUT2D eigenvalue weighted by atomic mass is 10.2. The van der Waals surface area contributed by atoms with Gasteiger partial charge in [0.25, 0.3) is 0 Å². The van der Waals surface area contributed by atoms with Gasteiger partial charge in [0, 0.05) is 44.2 Å². The van der Waals surface area contributed by atoms with Crippen LogP contribution in [0.5, 0.6) is 5.75 Å². The van der Waals surface area contributed by atoms with Crippen molar-refractivity contribution in [3.05, 3.63) is 24.3 Å². The number of carbonyl (C=O) groups excluding carboxylic acids is 1. The Kier molecular flexibility index (Phi) is 4.91. The highest BCUT2D eigenvalue weighted by molar-refractivity contribution is 6.17. The summed E-state index contributed by atoms with van der Waals surface area (Å²) in [5.41, 5.74) is 1.09. The van der Waals surface area contributed by atoms with Crippen molar-refractivity contribution in [2.45, 2.75) is 12.8 Å². The quantitative estimate of drug-likeness (QED) is 0.860. The second kappa shape index (κ2) is 6.66. The first-order valence-corrected chi connectivity index (χ1v) is 7.12. The molecule has 1 aromatic carbocycles. The van der Waals surface area contributed by atoms with Gasteiger partial charge in [-0.3, -0.25) is 4.79 Å². The molecular weight excluding hydrogens is 264 g/mol. The van der Waals surface area contributed by atoms with Crippen molar-refractivity contribution in [1.82, 2.24) is 4.90 Å². The van der Waals surface area contributed by atoms with Crippen LogP contribution in [-0.4, -0.2) is 48.0 Å². The molecule has 104 valence electrons. The molecule has 1 aliphatic rings. The minimum absolute atomic E-state index is 0.200. The minimum Gasteiger partial charge on any atom is -0.508 e. The molecule has 0 spiro atoms. The van der Waals surface area contributed by atoms with Crippen molar-refractivity contribution >= 4 is 23.2 Å². The maximum absolute atomic E-state index is 11.9. The van der Waals surface area contributed by atoms with E-state index < -0.39 is 0 Å². The third kappa shape index (κ3) is 3.77. The molecule has 1 amide bonds. The molecular formula is C14H19ClN2O2. The first-order chi connectivity index (χ1) is 9.20. The van der Waals surface area contributed by atoms with Gasteiger partial charge in [-0.2, -0.15) is 0 Å². The zero-order chi connectivity index (χ0) is 13.7. The Bertz CT molecular complexity index is 414. The first-order valence-electron chi connectivity index (χ1n) is 6.58. The molecule has 0 saturated carbocycles. The molecule has 1 saturated heterocycles. The van der Waals surface area contributed by atoms with Gasteiger partial charge in [0.05, 0.1) is 0 Å². The Morgan fingerprint density at radius 3 is 2.37 bits per heavy atom. The van der Waals surface area contributed by atoms with E-state index in [2.05, 4.69) is 4.90 Å². The number of benzene rings is 1. The number of hydrogen-bond donors (Lipinski definition) is 1. The summed E-state index contributed by atoms with van der Waals surface area (Å²) in [6.07, 6.45) is 1.29. The molecule has 0 unspecified atom stereocenters. The van der Waals surface area contributed by atoms with Gasteiger partial charge in [0.2, 0.25) is 5.91 Å². The van der Waals surface area contributed by atoms with Gasteiger partial charge in [0.15, 0.2) is 0 Å². The van der Waals surface area contributed by atoms with Crippen molar-refractivity contribution in [3.63, 3.8) is 0 Å². The van der Waals surface area contributed by atoms with Crippen LogP contribution in [0, 0.1) is 0 Å². The Hall–Kier alpha value is -1.42. The van der Waals surface area contributed by atoms with Crippen LogP contribution < -0.4 is 4.90 Å². The number of rotatable bonds is 4. The Labute approximate surface area is 118 Å². The lowest BCUT2D eigenvalue weighted by Gasteiger charge is -2.36. The summed E-state index contributed by atoms with van der Waals surface area (Å²) in [6, 6.07) is 7.18. The Morgan fingerprint density at radius 1 is 1.16 bits per heavy atom. The van der Waals surface area contributed by atoms with Gasteiger partial charge >= 0.3 is 0 Å². The number of carbonyl (C=O) groups is 1. The first kappa shape index (κ1) is 14.0. The van der Waals surface area contributed by atoms with E-state index in [-0.39, 0.29) is 11.7 Å². The van der Waals surface area contributed by atoms with Crippen molar-refractivity contribution < 1.29 is 9.90 Å². The lowest BCUT2D eigenvalue weighted by molar-refractivity contribution is -0.131. The third-order valence-electron chi connectivity index (χ3n) is 3.37. The van der Waals surface area contributed by atoms with Crippen LogP contribution in [0.4, 0.5) is 5.69 Å². The average Bonchev–Trinajstić information content (AvgIpc) is 2.46. The highest BCUT2D eigenvalue weighted by Gasteiger charge is 2.20. The predicted octanol–water partition coefficient (Wildman–Crippen LogP) is 2.06. The van der Waals surface area contributed by atoms with E-state index >= 15 is 0 Å². The van der Waals surface area contributed by atoms with Crippen molar-refractivity contribution in [2.24, 2.45) is 0 Å². The van der Waals surface area contributed by atoms with Crippen LogP contribution in [0.2, 0.25) is 0 Å². The van der Waals surface area contributed by atoms with Gasteiger partial charge in [-0.1, -0.05) is 0 Å².